The van der Waals surface area contributed by atoms with Crippen LogP contribution in [0.25, 0.3) is 0 Å². The van der Waals surface area contributed by atoms with Crippen molar-refractivity contribution in [2.45, 2.75) is 44.7 Å². The Kier molecular flexibility index (Phi) is 5.51. The third-order valence-corrected chi connectivity index (χ3v) is 5.28. The van der Waals surface area contributed by atoms with E-state index < -0.39 is 11.9 Å². The van der Waals surface area contributed by atoms with Crippen molar-refractivity contribution in [3.05, 3.63) is 78.1 Å². The highest BCUT2D eigenvalue weighted by Gasteiger charge is 2.37. The molecule has 1 unspecified atom stereocenters. The van der Waals surface area contributed by atoms with Crippen LogP contribution in [0.3, 0.4) is 0 Å². The minimum Gasteiger partial charge on any atom is -0.467 e. The minimum absolute atomic E-state index is 0.124. The van der Waals surface area contributed by atoms with Gasteiger partial charge in [0.05, 0.1) is 12.5 Å². The van der Waals surface area contributed by atoms with Crippen LogP contribution in [0.4, 0.5) is 5.69 Å². The average Bonchev–Trinajstić information content (AvgIpc) is 3.49. The average molecular weight is 392 g/mol. The highest BCUT2D eigenvalue weighted by molar-refractivity contribution is 6.08. The lowest BCUT2D eigenvalue weighted by atomic mass is 10.1. The number of nitrogens with zero attached hydrogens (tertiary/aromatic N) is 1. The molecule has 0 radical (unpaired) electrons. The molecule has 1 saturated carbocycles. The van der Waals surface area contributed by atoms with Crippen LogP contribution in [0.1, 0.15) is 53.6 Å². The summed E-state index contributed by atoms with van der Waals surface area (Å²) in [6.45, 7) is 1.97. The summed E-state index contributed by atoms with van der Waals surface area (Å²) >= 11 is 0. The van der Waals surface area contributed by atoms with E-state index in [2.05, 4.69) is 5.32 Å². The third-order valence-electron chi connectivity index (χ3n) is 5.28. The van der Waals surface area contributed by atoms with E-state index in [-0.39, 0.29) is 17.7 Å². The maximum atomic E-state index is 13.4. The zero-order valence-corrected chi connectivity index (χ0v) is 16.3. The predicted octanol–water partition coefficient (Wildman–Crippen LogP) is 4.63. The first-order chi connectivity index (χ1) is 14.1. The van der Waals surface area contributed by atoms with E-state index in [1.165, 1.54) is 17.4 Å². The molecular weight excluding hydrogens is 368 g/mol. The second-order valence-corrected chi connectivity index (χ2v) is 7.40. The number of carbonyl (C=O) groups excluding carboxylic acids is 2. The highest BCUT2D eigenvalue weighted by Crippen LogP contribution is 2.31. The molecule has 2 heterocycles. The van der Waals surface area contributed by atoms with Crippen LogP contribution in [0, 0.1) is 6.92 Å². The Morgan fingerprint density at radius 1 is 1.00 bits per heavy atom. The number of carbonyl (C=O) groups is 2. The fraction of sp³-hybridized carbons (Fsp3) is 0.304. The van der Waals surface area contributed by atoms with Gasteiger partial charge in [-0.25, -0.2) is 0 Å². The van der Waals surface area contributed by atoms with Crippen LogP contribution in [0.15, 0.2) is 69.9 Å². The number of anilines is 1. The maximum Gasteiger partial charge on any atom is 0.295 e. The lowest BCUT2D eigenvalue weighted by Gasteiger charge is -2.30. The molecule has 29 heavy (non-hydrogen) atoms. The minimum atomic E-state index is -0.939. The molecule has 2 aromatic heterocycles. The summed E-state index contributed by atoms with van der Waals surface area (Å²) in [7, 11) is 0. The molecule has 4 rings (SSSR count). The zero-order valence-electron chi connectivity index (χ0n) is 16.3. The quantitative estimate of drug-likeness (QED) is 0.664. The Morgan fingerprint density at radius 2 is 1.69 bits per heavy atom. The van der Waals surface area contributed by atoms with Crippen molar-refractivity contribution in [2.75, 3.05) is 4.90 Å². The molecule has 150 valence electrons. The molecule has 2 amide bonds. The van der Waals surface area contributed by atoms with E-state index in [1.54, 1.807) is 24.3 Å². The van der Waals surface area contributed by atoms with Gasteiger partial charge in [-0.15, -0.1) is 0 Å². The maximum absolute atomic E-state index is 13.4. The molecule has 1 N–H and O–H groups in total. The van der Waals surface area contributed by atoms with Gasteiger partial charge in [0, 0.05) is 11.7 Å². The number of aryl methyl sites for hydroxylation is 1. The summed E-state index contributed by atoms with van der Waals surface area (Å²) in [5.41, 5.74) is 1.66. The molecule has 3 aromatic rings. The standard InChI is InChI=1S/C23H24N2O4/c1-16-10-12-18(13-11-16)25(23(27)20-9-5-15-29-20)21(19-8-4-14-28-19)22(26)24-17-6-2-3-7-17/h4-5,8-15,17,21H,2-3,6-7H2,1H3,(H,24,26). The van der Waals surface area contributed by atoms with Crippen molar-refractivity contribution in [1.82, 2.24) is 5.32 Å². The molecule has 1 fully saturated rings. The lowest BCUT2D eigenvalue weighted by Crippen LogP contribution is -2.46. The molecule has 1 atom stereocenters. The Morgan fingerprint density at radius 3 is 2.31 bits per heavy atom. The van der Waals surface area contributed by atoms with Crippen molar-refractivity contribution < 1.29 is 18.4 Å². The molecular formula is C23H24N2O4. The molecule has 0 spiro atoms. The van der Waals surface area contributed by atoms with Crippen molar-refractivity contribution in [3.8, 4) is 0 Å². The van der Waals surface area contributed by atoms with Crippen molar-refractivity contribution in [3.63, 3.8) is 0 Å². The van der Waals surface area contributed by atoms with Gasteiger partial charge in [-0.1, -0.05) is 30.5 Å². The first-order valence-corrected chi connectivity index (χ1v) is 9.91. The second-order valence-electron chi connectivity index (χ2n) is 7.40. The van der Waals surface area contributed by atoms with E-state index in [9.17, 15) is 9.59 Å². The number of nitrogens with one attached hydrogen (secondary N) is 1. The molecule has 0 saturated heterocycles. The summed E-state index contributed by atoms with van der Waals surface area (Å²) in [5, 5.41) is 3.11. The smallest absolute Gasteiger partial charge is 0.295 e. The van der Waals surface area contributed by atoms with Gasteiger partial charge in [0.15, 0.2) is 11.8 Å². The Labute approximate surface area is 169 Å². The van der Waals surface area contributed by atoms with Crippen molar-refractivity contribution in [1.29, 1.82) is 0 Å². The van der Waals surface area contributed by atoms with E-state index in [0.717, 1.165) is 31.2 Å². The molecule has 1 aliphatic carbocycles. The van der Waals surface area contributed by atoms with Gasteiger partial charge in [-0.3, -0.25) is 14.5 Å². The van der Waals surface area contributed by atoms with E-state index >= 15 is 0 Å². The molecule has 0 bridgehead atoms. The van der Waals surface area contributed by atoms with Crippen LogP contribution in [-0.2, 0) is 4.79 Å². The second kappa shape index (κ2) is 8.39. The summed E-state index contributed by atoms with van der Waals surface area (Å²) in [6.07, 6.45) is 7.06. The normalized spacial score (nSPS) is 15.2. The largest absolute Gasteiger partial charge is 0.467 e. The first kappa shape index (κ1) is 19.1. The number of hydrogen-bond donors (Lipinski definition) is 1. The number of amides is 2. The van der Waals surface area contributed by atoms with Gasteiger partial charge >= 0.3 is 0 Å². The Balaban J connectivity index is 1.75. The van der Waals surface area contributed by atoms with Crippen LogP contribution < -0.4 is 10.2 Å². The summed E-state index contributed by atoms with van der Waals surface area (Å²) in [4.78, 5) is 28.2. The van der Waals surface area contributed by atoms with E-state index in [4.69, 9.17) is 8.83 Å². The van der Waals surface area contributed by atoms with Crippen LogP contribution >= 0.6 is 0 Å². The lowest BCUT2D eigenvalue weighted by molar-refractivity contribution is -0.123. The number of hydrogen-bond acceptors (Lipinski definition) is 4. The molecule has 6 nitrogen and oxygen atoms in total. The van der Waals surface area contributed by atoms with E-state index in [1.807, 2.05) is 31.2 Å². The summed E-state index contributed by atoms with van der Waals surface area (Å²) < 4.78 is 10.9. The van der Waals surface area contributed by atoms with Gasteiger partial charge in [0.2, 0.25) is 0 Å². The number of benzene rings is 1. The fourth-order valence-corrected chi connectivity index (χ4v) is 3.78. The SMILES string of the molecule is Cc1ccc(N(C(=O)c2ccco2)C(C(=O)NC2CCCC2)c2ccco2)cc1. The van der Waals surface area contributed by atoms with E-state index in [0.29, 0.717) is 11.4 Å². The summed E-state index contributed by atoms with van der Waals surface area (Å²) in [5.74, 6) is -0.0917. The van der Waals surface area contributed by atoms with Crippen LogP contribution in [0.5, 0.6) is 0 Å². The highest BCUT2D eigenvalue weighted by atomic mass is 16.3. The molecule has 0 aliphatic heterocycles. The molecule has 1 aromatic carbocycles. The topological polar surface area (TPSA) is 75.7 Å². The fourth-order valence-electron chi connectivity index (χ4n) is 3.78. The predicted molar refractivity (Wildman–Crippen MR) is 109 cm³/mol. The third kappa shape index (κ3) is 4.11. The van der Waals surface area contributed by atoms with Gasteiger partial charge in [0.1, 0.15) is 5.76 Å². The zero-order chi connectivity index (χ0) is 20.2. The van der Waals surface area contributed by atoms with Crippen LogP contribution in [0.2, 0.25) is 0 Å². The summed E-state index contributed by atoms with van der Waals surface area (Å²) in [6, 6.07) is 13.3. The van der Waals surface area contributed by atoms with Crippen LogP contribution in [-0.4, -0.2) is 17.9 Å². The molecule has 6 heteroatoms. The Hall–Kier alpha value is -3.28. The van der Waals surface area contributed by atoms with Crippen molar-refractivity contribution >= 4 is 17.5 Å². The van der Waals surface area contributed by atoms with Gasteiger partial charge in [-0.05, 0) is 56.2 Å². The first-order valence-electron chi connectivity index (χ1n) is 9.91. The Bertz CT molecular complexity index is 939. The molecule has 1 aliphatic rings. The monoisotopic (exact) mass is 392 g/mol. The van der Waals surface area contributed by atoms with Crippen molar-refractivity contribution in [2.24, 2.45) is 0 Å². The van der Waals surface area contributed by atoms with Gasteiger partial charge in [-0.2, -0.15) is 0 Å². The number of rotatable bonds is 6. The number of furan rings is 2. The van der Waals surface area contributed by atoms with Gasteiger partial charge < -0.3 is 14.2 Å². The van der Waals surface area contributed by atoms with Gasteiger partial charge in [0.25, 0.3) is 11.8 Å².